The minimum absolute atomic E-state index is 0. The molecule has 308 valence electrons. The Labute approximate surface area is 386 Å². The monoisotopic (exact) mass is 1010 g/mol. The topological polar surface area (TPSA) is 80.3 Å². The Morgan fingerprint density at radius 2 is 0.450 bits per heavy atom. The average molecular weight is 1010 g/mol. The van der Waals surface area contributed by atoms with Crippen LogP contribution in [0.25, 0.3) is 0 Å². The molecule has 0 atom stereocenters. The van der Waals surface area contributed by atoms with E-state index in [2.05, 4.69) is 194 Å². The fourth-order valence-electron chi connectivity index (χ4n) is 5.31. The second-order valence-electron chi connectivity index (χ2n) is 12.1. The molecule has 8 aromatic carbocycles. The van der Waals surface area contributed by atoms with Gasteiger partial charge in [-0.1, -0.05) is 109 Å². The van der Waals surface area contributed by atoms with Crippen molar-refractivity contribution in [2.45, 2.75) is 13.8 Å². The van der Waals surface area contributed by atoms with Gasteiger partial charge < -0.3 is 19.8 Å². The first-order valence-corrected chi connectivity index (χ1v) is 21.6. The Kier molecular flexibility index (Phi) is 29.7. The van der Waals surface area contributed by atoms with Gasteiger partial charge >= 0.3 is 40.8 Å². The molecule has 0 saturated heterocycles. The molecule has 0 fully saturated rings. The van der Waals surface area contributed by atoms with Gasteiger partial charge in [0.1, 0.15) is 31.8 Å². The molecule has 0 heterocycles. The van der Waals surface area contributed by atoms with Gasteiger partial charge in [0.05, 0.1) is 15.8 Å². The Balaban J connectivity index is 0.000000406. The van der Waals surface area contributed by atoms with E-state index in [0.29, 0.717) is 0 Å². The molecular weight excluding hydrogens is 963 g/mol. The molecule has 0 amide bonds. The average Bonchev–Trinajstić information content (AvgIpc) is 3.28. The molecule has 0 aliphatic rings. The van der Waals surface area contributed by atoms with Crippen molar-refractivity contribution in [3.05, 3.63) is 255 Å². The van der Waals surface area contributed by atoms with E-state index in [1.165, 1.54) is 31.8 Å². The molecule has 0 radical (unpaired) electrons. The summed E-state index contributed by atoms with van der Waals surface area (Å²) in [6.45, 7) is 1.94. The van der Waals surface area contributed by atoms with Crippen LogP contribution in [0.5, 0.6) is 0 Å². The van der Waals surface area contributed by atoms with Crippen LogP contribution in [0.2, 0.25) is 0 Å². The number of hydrogen-bond donors (Lipinski definition) is 0. The first-order valence-electron chi connectivity index (χ1n) is 18.6. The van der Waals surface area contributed by atoms with Crippen molar-refractivity contribution in [1.82, 2.24) is 0 Å². The van der Waals surface area contributed by atoms with Gasteiger partial charge in [0.15, 0.2) is 0 Å². The zero-order chi connectivity index (χ0) is 41.5. The quantitative estimate of drug-likeness (QED) is 0.104. The number of benzene rings is 8. The van der Waals surface area contributed by atoms with Gasteiger partial charge in [-0.15, -0.1) is 0 Å². The van der Waals surface area contributed by atoms with Crippen molar-refractivity contribution in [1.29, 1.82) is 0 Å². The minimum Gasteiger partial charge on any atom is -0.550 e. The zero-order valence-corrected chi connectivity index (χ0v) is 38.5. The summed E-state index contributed by atoms with van der Waals surface area (Å²) in [7, 11) is -1.75. The molecule has 8 aromatic rings. The first kappa shape index (κ1) is 52.9. The van der Waals surface area contributed by atoms with E-state index >= 15 is 0 Å². The van der Waals surface area contributed by atoms with Crippen molar-refractivity contribution >= 4 is 59.6 Å². The van der Waals surface area contributed by atoms with E-state index in [1.807, 2.05) is 60.7 Å². The molecule has 0 N–H and O–H groups in total. The van der Waals surface area contributed by atoms with Crippen LogP contribution in [-0.4, -0.2) is 11.9 Å². The maximum absolute atomic E-state index is 8.89. The van der Waals surface area contributed by atoms with E-state index in [4.69, 9.17) is 19.8 Å². The van der Waals surface area contributed by atoms with Crippen LogP contribution in [0.4, 0.5) is 0 Å². The van der Waals surface area contributed by atoms with Crippen molar-refractivity contribution in [2.24, 2.45) is 0 Å². The summed E-state index contributed by atoms with van der Waals surface area (Å²) in [5.41, 5.74) is 0. The number of carbonyl (C=O) groups is 2. The molecule has 0 unspecified atom stereocenters. The molecule has 0 saturated carbocycles. The Morgan fingerprint density at radius 1 is 0.317 bits per heavy atom. The predicted molar refractivity (Wildman–Crippen MR) is 245 cm³/mol. The van der Waals surface area contributed by atoms with E-state index in [-0.39, 0.29) is 40.8 Å². The third-order valence-electron chi connectivity index (χ3n) is 7.59. The van der Waals surface area contributed by atoms with Gasteiger partial charge in [-0.3, -0.25) is 0 Å². The molecule has 0 aromatic heterocycles. The van der Waals surface area contributed by atoms with Crippen LogP contribution < -0.4 is 42.0 Å². The van der Waals surface area contributed by atoms with Gasteiger partial charge in [-0.25, -0.2) is 0 Å². The number of rotatable bonds is 6. The number of aliphatic carboxylic acids is 2. The van der Waals surface area contributed by atoms with Crippen molar-refractivity contribution in [3.63, 3.8) is 0 Å². The van der Waals surface area contributed by atoms with Gasteiger partial charge in [0.2, 0.25) is 0 Å². The number of carbonyl (C=O) groups excluding carboxylic acids is 2. The maximum Gasteiger partial charge on any atom is 2.00 e. The van der Waals surface area contributed by atoms with Gasteiger partial charge in [-0.2, -0.15) is 72.8 Å². The normalized spacial score (nSPS) is 9.13. The molecule has 0 spiro atoms. The second kappa shape index (κ2) is 33.7. The third-order valence-corrected chi connectivity index (χ3v) is 13.1. The molecular formula is C52H48O4P2Pd2+2. The summed E-state index contributed by atoms with van der Waals surface area (Å²) < 4.78 is 0. The van der Waals surface area contributed by atoms with Crippen LogP contribution >= 0.6 is 15.8 Å². The summed E-state index contributed by atoms with van der Waals surface area (Å²) in [4.78, 5) is 17.8. The van der Waals surface area contributed by atoms with E-state index in [0.717, 1.165) is 13.8 Å². The van der Waals surface area contributed by atoms with E-state index in [1.54, 1.807) is 0 Å². The molecule has 0 aliphatic heterocycles. The fourth-order valence-corrected chi connectivity index (χ4v) is 10.5. The van der Waals surface area contributed by atoms with Gasteiger partial charge in [0.25, 0.3) is 0 Å². The summed E-state index contributed by atoms with van der Waals surface area (Å²) in [6.07, 6.45) is 0. The van der Waals surface area contributed by atoms with Gasteiger partial charge in [-0.05, 0) is 86.6 Å². The van der Waals surface area contributed by atoms with Crippen LogP contribution in [0.3, 0.4) is 0 Å². The van der Waals surface area contributed by atoms with Crippen LogP contribution in [0.15, 0.2) is 243 Å². The first-order chi connectivity index (χ1) is 28.4. The van der Waals surface area contributed by atoms with Gasteiger partial charge in [0, 0.05) is 11.9 Å². The second-order valence-corrected chi connectivity index (χ2v) is 17.0. The number of hydrogen-bond acceptors (Lipinski definition) is 4. The largest absolute Gasteiger partial charge is 2.00 e. The summed E-state index contributed by atoms with van der Waals surface area (Å²) in [5.74, 6) is -2.17. The predicted octanol–water partition coefficient (Wildman–Crippen LogP) is 6.84. The fraction of sp³-hybridized carbons (Fsp3) is 0.0385. The van der Waals surface area contributed by atoms with Crippen molar-refractivity contribution in [3.8, 4) is 0 Å². The molecule has 4 nitrogen and oxygen atoms in total. The SMILES string of the molecule is CC(=O)[O-].CC(=O)[O-].[Pd+2].[Pd+2].[c-]1ccccc1.[c-]1ccccc1.c1ccc([PH+](c2ccccc2)c2ccccc2)cc1.c1ccc([PH+](c2ccccc2)c2ccccc2)cc1. The molecule has 8 rings (SSSR count). The van der Waals surface area contributed by atoms with Crippen LogP contribution in [0.1, 0.15) is 13.8 Å². The molecule has 60 heavy (non-hydrogen) atoms. The number of carboxylic acids is 2. The van der Waals surface area contributed by atoms with E-state index < -0.39 is 27.8 Å². The smallest absolute Gasteiger partial charge is 0.550 e. The molecule has 0 aliphatic carbocycles. The number of carboxylic acid groups (broad SMARTS) is 2. The van der Waals surface area contributed by atoms with E-state index in [9.17, 15) is 0 Å². The minimum atomic E-state index is -1.08. The van der Waals surface area contributed by atoms with Crippen LogP contribution in [0, 0.1) is 12.1 Å². The zero-order valence-electron chi connectivity index (χ0n) is 33.4. The molecule has 0 bridgehead atoms. The van der Waals surface area contributed by atoms with Crippen molar-refractivity contribution in [2.75, 3.05) is 0 Å². The Morgan fingerprint density at radius 3 is 0.550 bits per heavy atom. The molecule has 8 heteroatoms. The van der Waals surface area contributed by atoms with Crippen molar-refractivity contribution < 1.29 is 60.6 Å². The van der Waals surface area contributed by atoms with Crippen LogP contribution in [-0.2, 0) is 50.4 Å². The maximum atomic E-state index is 8.89. The summed E-state index contributed by atoms with van der Waals surface area (Å²) >= 11 is 0. The Hall–Kier alpha value is -5.12. The summed E-state index contributed by atoms with van der Waals surface area (Å²) in [6, 6.07) is 90.0. The third kappa shape index (κ3) is 22.9. The Bertz CT molecular complexity index is 1780. The standard InChI is InChI=1S/2C18H15P.2C6H5.2C2H4O2.2Pd/c2*1-4-10-16(11-5-1)19(17-12-6-2-7-13-17)18-14-8-3-9-15-18;2*1-2-4-6-5-3-1;2*1-2(3)4;;/h2*1-15H;2*1-5H;2*1H3,(H,3,4);;/q;;2*-1;;;2*+2. The summed E-state index contributed by atoms with van der Waals surface area (Å²) in [5, 5.41) is 26.4.